The molecular weight excluding hydrogens is 370 g/mol. The second-order valence-electron chi connectivity index (χ2n) is 6.91. The summed E-state index contributed by atoms with van der Waals surface area (Å²) in [5, 5.41) is 4.12. The number of piperidine rings is 1. The molecule has 0 saturated carbocycles. The molecule has 1 aliphatic rings. The van der Waals surface area contributed by atoms with Gasteiger partial charge < -0.3 is 14.4 Å². The maximum Gasteiger partial charge on any atom is 0.244 e. The van der Waals surface area contributed by atoms with E-state index in [1.165, 1.54) is 0 Å². The van der Waals surface area contributed by atoms with Crippen molar-refractivity contribution < 1.29 is 14.3 Å². The minimum absolute atomic E-state index is 0.0555. The van der Waals surface area contributed by atoms with Crippen LogP contribution in [0.5, 0.6) is 17.4 Å². The monoisotopic (exact) mass is 393 g/mol. The van der Waals surface area contributed by atoms with Crippen LogP contribution < -0.4 is 9.47 Å². The van der Waals surface area contributed by atoms with Gasteiger partial charge in [-0.25, -0.2) is 4.98 Å². The highest BCUT2D eigenvalue weighted by Crippen LogP contribution is 2.33. The fraction of sp³-hybridized carbons (Fsp3) is 0.333. The molecule has 0 radical (unpaired) electrons. The van der Waals surface area contributed by atoms with E-state index in [9.17, 15) is 4.79 Å². The van der Waals surface area contributed by atoms with Crippen LogP contribution in [-0.4, -0.2) is 50.8 Å². The third-order valence-electron chi connectivity index (χ3n) is 4.98. The van der Waals surface area contributed by atoms with E-state index < -0.39 is 0 Å². The minimum atomic E-state index is 0.0555. The van der Waals surface area contributed by atoms with Gasteiger partial charge in [0.2, 0.25) is 11.8 Å². The SMILES string of the molecule is COc1ccc(Oc2nccnc2C2CCCN(C(=O)Cn3cccn3)C2)cc1. The second kappa shape index (κ2) is 8.72. The van der Waals surface area contributed by atoms with Crippen molar-refractivity contribution >= 4 is 5.91 Å². The summed E-state index contributed by atoms with van der Waals surface area (Å²) < 4.78 is 12.8. The first-order valence-corrected chi connectivity index (χ1v) is 9.61. The summed E-state index contributed by atoms with van der Waals surface area (Å²) in [5.41, 5.74) is 0.778. The Morgan fingerprint density at radius 2 is 1.93 bits per heavy atom. The number of nitrogens with zero attached hydrogens (tertiary/aromatic N) is 5. The molecule has 0 aliphatic carbocycles. The van der Waals surface area contributed by atoms with Gasteiger partial charge in [-0.1, -0.05) is 0 Å². The van der Waals surface area contributed by atoms with Gasteiger partial charge in [-0.3, -0.25) is 14.5 Å². The maximum atomic E-state index is 12.7. The summed E-state index contributed by atoms with van der Waals surface area (Å²) in [5.74, 6) is 2.03. The molecular formula is C21H23N5O3. The number of rotatable bonds is 6. The maximum absolute atomic E-state index is 12.7. The van der Waals surface area contributed by atoms with Crippen molar-refractivity contribution in [1.29, 1.82) is 0 Å². The number of hydrogen-bond donors (Lipinski definition) is 0. The minimum Gasteiger partial charge on any atom is -0.497 e. The van der Waals surface area contributed by atoms with Crippen molar-refractivity contribution in [2.75, 3.05) is 20.2 Å². The van der Waals surface area contributed by atoms with Gasteiger partial charge in [-0.05, 0) is 43.2 Å². The molecule has 1 fully saturated rings. The van der Waals surface area contributed by atoms with Crippen LogP contribution >= 0.6 is 0 Å². The van der Waals surface area contributed by atoms with Crippen molar-refractivity contribution in [1.82, 2.24) is 24.6 Å². The average Bonchev–Trinajstić information content (AvgIpc) is 3.28. The largest absolute Gasteiger partial charge is 0.497 e. The Hall–Kier alpha value is -3.42. The van der Waals surface area contributed by atoms with Crippen LogP contribution in [0.25, 0.3) is 0 Å². The fourth-order valence-electron chi connectivity index (χ4n) is 3.51. The zero-order valence-electron chi connectivity index (χ0n) is 16.3. The lowest BCUT2D eigenvalue weighted by molar-refractivity contribution is -0.133. The molecule has 1 saturated heterocycles. The number of hydrogen-bond acceptors (Lipinski definition) is 6. The number of amides is 1. The number of likely N-dealkylation sites (tertiary alicyclic amines) is 1. The van der Waals surface area contributed by atoms with E-state index in [0.29, 0.717) is 18.2 Å². The lowest BCUT2D eigenvalue weighted by Crippen LogP contribution is -2.41. The first kappa shape index (κ1) is 18.9. The van der Waals surface area contributed by atoms with E-state index in [-0.39, 0.29) is 18.4 Å². The second-order valence-corrected chi connectivity index (χ2v) is 6.91. The van der Waals surface area contributed by atoms with E-state index in [0.717, 1.165) is 30.8 Å². The first-order valence-electron chi connectivity index (χ1n) is 9.61. The molecule has 29 heavy (non-hydrogen) atoms. The van der Waals surface area contributed by atoms with Crippen LogP contribution in [0.3, 0.4) is 0 Å². The Morgan fingerprint density at radius 1 is 1.14 bits per heavy atom. The normalized spacial score (nSPS) is 16.4. The smallest absolute Gasteiger partial charge is 0.244 e. The lowest BCUT2D eigenvalue weighted by Gasteiger charge is -2.32. The summed E-state index contributed by atoms with van der Waals surface area (Å²) in [6.45, 7) is 1.58. The van der Waals surface area contributed by atoms with Crippen molar-refractivity contribution in [3.63, 3.8) is 0 Å². The third-order valence-corrected chi connectivity index (χ3v) is 4.98. The van der Waals surface area contributed by atoms with Gasteiger partial charge in [0, 0.05) is 43.8 Å². The Balaban J connectivity index is 1.48. The van der Waals surface area contributed by atoms with Gasteiger partial charge in [-0.15, -0.1) is 0 Å². The van der Waals surface area contributed by atoms with Gasteiger partial charge in [0.05, 0.1) is 7.11 Å². The summed E-state index contributed by atoms with van der Waals surface area (Å²) in [4.78, 5) is 23.5. The van der Waals surface area contributed by atoms with Crippen molar-refractivity contribution in [3.05, 3.63) is 60.8 Å². The Kier molecular flexibility index (Phi) is 5.69. The highest BCUT2D eigenvalue weighted by molar-refractivity contribution is 5.76. The van der Waals surface area contributed by atoms with Crippen LogP contribution in [0.4, 0.5) is 0 Å². The van der Waals surface area contributed by atoms with E-state index in [1.54, 1.807) is 36.6 Å². The predicted octanol–water partition coefficient (Wildman–Crippen LogP) is 2.88. The predicted molar refractivity (Wildman–Crippen MR) is 106 cm³/mol. The van der Waals surface area contributed by atoms with Crippen LogP contribution in [0.15, 0.2) is 55.1 Å². The summed E-state index contributed by atoms with van der Waals surface area (Å²) in [6.07, 6.45) is 8.60. The molecule has 1 atom stereocenters. The molecule has 0 N–H and O–H groups in total. The summed E-state index contributed by atoms with van der Waals surface area (Å²) >= 11 is 0. The molecule has 2 aromatic heterocycles. The van der Waals surface area contributed by atoms with Crippen molar-refractivity contribution in [2.45, 2.75) is 25.3 Å². The zero-order chi connectivity index (χ0) is 20.1. The molecule has 150 valence electrons. The molecule has 1 unspecified atom stereocenters. The third kappa shape index (κ3) is 4.53. The Labute approximate surface area is 169 Å². The average molecular weight is 393 g/mol. The Bertz CT molecular complexity index is 943. The summed E-state index contributed by atoms with van der Waals surface area (Å²) in [6, 6.07) is 9.15. The molecule has 3 aromatic rings. The fourth-order valence-corrected chi connectivity index (χ4v) is 3.51. The molecule has 8 nitrogen and oxygen atoms in total. The van der Waals surface area contributed by atoms with Crippen molar-refractivity contribution in [2.24, 2.45) is 0 Å². The molecule has 1 aromatic carbocycles. The van der Waals surface area contributed by atoms with E-state index in [4.69, 9.17) is 9.47 Å². The number of benzene rings is 1. The number of ether oxygens (including phenoxy) is 2. The quantitative estimate of drug-likeness (QED) is 0.640. The van der Waals surface area contributed by atoms with Crippen LogP contribution in [0.1, 0.15) is 24.5 Å². The molecule has 8 heteroatoms. The molecule has 0 bridgehead atoms. The number of methoxy groups -OCH3 is 1. The van der Waals surface area contributed by atoms with E-state index >= 15 is 0 Å². The molecule has 1 aliphatic heterocycles. The van der Waals surface area contributed by atoms with Crippen LogP contribution in [0, 0.1) is 0 Å². The van der Waals surface area contributed by atoms with Gasteiger partial charge >= 0.3 is 0 Å². The number of carbonyl (C=O) groups is 1. The lowest BCUT2D eigenvalue weighted by atomic mass is 9.94. The summed E-state index contributed by atoms with van der Waals surface area (Å²) in [7, 11) is 1.62. The highest BCUT2D eigenvalue weighted by atomic mass is 16.5. The number of carbonyl (C=O) groups excluding carboxylic acids is 1. The Morgan fingerprint density at radius 3 is 2.69 bits per heavy atom. The van der Waals surface area contributed by atoms with Gasteiger partial charge in [-0.2, -0.15) is 5.10 Å². The standard InChI is InChI=1S/C21H23N5O3/c1-28-17-5-7-18(8-6-17)29-21-20(22-10-11-23-21)16-4-2-12-25(14-16)19(27)15-26-13-3-9-24-26/h3,5-11,13,16H,2,4,12,14-15H2,1H3. The zero-order valence-corrected chi connectivity index (χ0v) is 16.3. The van der Waals surface area contributed by atoms with Gasteiger partial charge in [0.25, 0.3) is 0 Å². The molecule has 1 amide bonds. The van der Waals surface area contributed by atoms with Gasteiger partial charge in [0.1, 0.15) is 23.7 Å². The van der Waals surface area contributed by atoms with E-state index in [1.807, 2.05) is 35.2 Å². The van der Waals surface area contributed by atoms with Gasteiger partial charge in [0.15, 0.2) is 0 Å². The highest BCUT2D eigenvalue weighted by Gasteiger charge is 2.28. The topological polar surface area (TPSA) is 82.4 Å². The van der Waals surface area contributed by atoms with E-state index in [2.05, 4.69) is 15.1 Å². The molecule has 4 rings (SSSR count). The molecule has 3 heterocycles. The van der Waals surface area contributed by atoms with Crippen molar-refractivity contribution in [3.8, 4) is 17.4 Å². The first-order chi connectivity index (χ1) is 14.2. The number of aromatic nitrogens is 4. The van der Waals surface area contributed by atoms with Crippen LogP contribution in [0.2, 0.25) is 0 Å². The molecule has 0 spiro atoms. The van der Waals surface area contributed by atoms with Crippen LogP contribution in [-0.2, 0) is 11.3 Å².